The molecule has 1 fully saturated rings. The Labute approximate surface area is 187 Å². The van der Waals surface area contributed by atoms with Crippen LogP contribution in [0.3, 0.4) is 0 Å². The molecule has 0 unspecified atom stereocenters. The van der Waals surface area contributed by atoms with Crippen LogP contribution in [0.25, 0.3) is 11.1 Å². The van der Waals surface area contributed by atoms with Crippen molar-refractivity contribution in [1.29, 1.82) is 0 Å². The van der Waals surface area contributed by atoms with E-state index >= 15 is 0 Å². The number of rotatable bonds is 11. The van der Waals surface area contributed by atoms with Crippen LogP contribution in [0.15, 0.2) is 48.5 Å². The molecule has 0 aliphatic heterocycles. The van der Waals surface area contributed by atoms with Gasteiger partial charge < -0.3 is 9.84 Å². The van der Waals surface area contributed by atoms with Crippen molar-refractivity contribution in [3.05, 3.63) is 54.1 Å². The van der Waals surface area contributed by atoms with E-state index in [-0.39, 0.29) is 13.0 Å². The number of hydrogen-bond donors (Lipinski definition) is 1. The van der Waals surface area contributed by atoms with Crippen molar-refractivity contribution in [2.45, 2.75) is 83.5 Å². The highest BCUT2D eigenvalue weighted by molar-refractivity contribution is 5.73. The van der Waals surface area contributed by atoms with E-state index in [0.717, 1.165) is 11.5 Å². The van der Waals surface area contributed by atoms with Gasteiger partial charge in [0, 0.05) is 0 Å². The fourth-order valence-corrected chi connectivity index (χ4v) is 4.76. The average Bonchev–Trinajstić information content (AvgIpc) is 2.80. The Kier molecular flexibility index (Phi) is 9.61. The molecule has 0 bridgehead atoms. The predicted molar refractivity (Wildman–Crippen MR) is 127 cm³/mol. The zero-order valence-electron chi connectivity index (χ0n) is 19.0. The number of aliphatic hydroxyl groups is 1. The highest BCUT2D eigenvalue weighted by atomic mass is 16.5. The summed E-state index contributed by atoms with van der Waals surface area (Å²) >= 11 is 0. The molecule has 2 aromatic carbocycles. The third kappa shape index (κ3) is 7.50. The van der Waals surface area contributed by atoms with Gasteiger partial charge in [-0.05, 0) is 66.3 Å². The molecule has 3 nitrogen and oxygen atoms in total. The van der Waals surface area contributed by atoms with Crippen LogP contribution in [0.5, 0.6) is 5.75 Å². The Hall–Kier alpha value is -2.13. The first-order valence-corrected chi connectivity index (χ1v) is 12.2. The van der Waals surface area contributed by atoms with E-state index in [1.807, 2.05) is 24.3 Å². The number of aliphatic hydroxyl groups excluding tert-OH is 1. The maximum Gasteiger partial charge on any atom is 0.313 e. The van der Waals surface area contributed by atoms with Gasteiger partial charge >= 0.3 is 5.97 Å². The van der Waals surface area contributed by atoms with Crippen molar-refractivity contribution in [1.82, 2.24) is 0 Å². The predicted octanol–water partition coefficient (Wildman–Crippen LogP) is 7.28. The minimum Gasteiger partial charge on any atom is -0.426 e. The first-order chi connectivity index (χ1) is 15.2. The van der Waals surface area contributed by atoms with Gasteiger partial charge in [-0.15, -0.1) is 0 Å². The molecule has 0 heterocycles. The number of benzene rings is 2. The average molecular weight is 423 g/mol. The summed E-state index contributed by atoms with van der Waals surface area (Å²) in [5.74, 6) is 1.76. The molecule has 1 N–H and O–H groups in total. The van der Waals surface area contributed by atoms with Crippen LogP contribution in [0, 0.1) is 5.92 Å². The molecular formula is C28H38O3. The first kappa shape index (κ1) is 23.5. The molecule has 31 heavy (non-hydrogen) atoms. The van der Waals surface area contributed by atoms with Crippen molar-refractivity contribution in [3.63, 3.8) is 0 Å². The van der Waals surface area contributed by atoms with E-state index in [4.69, 9.17) is 9.84 Å². The standard InChI is InChI=1S/C28H38O3/c1-2-3-4-5-6-7-22-8-10-23(11-9-22)24-12-14-25(15-13-24)26-16-18-27(19-17-26)31-28(30)20-21-29/h12-19,22-23,29H,2-11,20-21H2,1H3. The molecule has 1 saturated carbocycles. The second kappa shape index (κ2) is 12.7. The number of carbonyl (C=O) groups is 1. The smallest absolute Gasteiger partial charge is 0.313 e. The van der Waals surface area contributed by atoms with Gasteiger partial charge in [0.1, 0.15) is 5.75 Å². The normalized spacial score (nSPS) is 18.6. The lowest BCUT2D eigenvalue weighted by Gasteiger charge is -2.29. The molecule has 3 rings (SSSR count). The SMILES string of the molecule is CCCCCCCC1CCC(c2ccc(-c3ccc(OC(=O)CCO)cc3)cc2)CC1. The summed E-state index contributed by atoms with van der Waals surface area (Å²) in [6.45, 7) is 2.09. The third-order valence-electron chi connectivity index (χ3n) is 6.68. The summed E-state index contributed by atoms with van der Waals surface area (Å²) in [6, 6.07) is 16.6. The summed E-state index contributed by atoms with van der Waals surface area (Å²) in [4.78, 5) is 11.5. The number of carbonyl (C=O) groups excluding carboxylic acids is 1. The van der Waals surface area contributed by atoms with E-state index < -0.39 is 5.97 Å². The van der Waals surface area contributed by atoms with E-state index in [1.165, 1.54) is 75.3 Å². The molecule has 1 aliphatic carbocycles. The summed E-state index contributed by atoms with van der Waals surface area (Å²) in [6.07, 6.45) is 13.8. The largest absolute Gasteiger partial charge is 0.426 e. The molecule has 0 amide bonds. The van der Waals surface area contributed by atoms with Crippen LogP contribution in [-0.4, -0.2) is 17.7 Å². The number of unbranched alkanes of at least 4 members (excludes halogenated alkanes) is 4. The molecule has 2 aromatic rings. The van der Waals surface area contributed by atoms with Gasteiger partial charge in [0.2, 0.25) is 0 Å². The van der Waals surface area contributed by atoms with Crippen LogP contribution in [0.4, 0.5) is 0 Å². The minimum absolute atomic E-state index is 0.0179. The monoisotopic (exact) mass is 422 g/mol. The van der Waals surface area contributed by atoms with E-state index in [2.05, 4.69) is 31.2 Å². The highest BCUT2D eigenvalue weighted by Gasteiger charge is 2.22. The molecular weight excluding hydrogens is 384 g/mol. The Morgan fingerprint density at radius 3 is 2.10 bits per heavy atom. The van der Waals surface area contributed by atoms with Gasteiger partial charge in [0.25, 0.3) is 0 Å². The fraction of sp³-hybridized carbons (Fsp3) is 0.536. The number of ether oxygens (including phenoxy) is 1. The van der Waals surface area contributed by atoms with Crippen LogP contribution < -0.4 is 4.74 Å². The van der Waals surface area contributed by atoms with Gasteiger partial charge in [0.15, 0.2) is 0 Å². The van der Waals surface area contributed by atoms with Gasteiger partial charge in [-0.1, -0.05) is 81.8 Å². The molecule has 0 saturated heterocycles. The van der Waals surface area contributed by atoms with Crippen LogP contribution >= 0.6 is 0 Å². The number of esters is 1. The Morgan fingerprint density at radius 2 is 1.48 bits per heavy atom. The van der Waals surface area contributed by atoms with Crippen molar-refractivity contribution < 1.29 is 14.6 Å². The Balaban J connectivity index is 1.47. The van der Waals surface area contributed by atoms with Crippen molar-refractivity contribution in [2.24, 2.45) is 5.92 Å². The van der Waals surface area contributed by atoms with Gasteiger partial charge in [-0.3, -0.25) is 4.79 Å². The van der Waals surface area contributed by atoms with Crippen LogP contribution in [0.2, 0.25) is 0 Å². The highest BCUT2D eigenvalue weighted by Crippen LogP contribution is 2.38. The molecule has 3 heteroatoms. The summed E-state index contributed by atoms with van der Waals surface area (Å²) in [5, 5.41) is 8.80. The second-order valence-electron chi connectivity index (χ2n) is 9.01. The van der Waals surface area contributed by atoms with Crippen LogP contribution in [-0.2, 0) is 4.79 Å². The molecule has 0 atom stereocenters. The quantitative estimate of drug-likeness (QED) is 0.235. The molecule has 0 spiro atoms. The topological polar surface area (TPSA) is 46.5 Å². The van der Waals surface area contributed by atoms with Crippen molar-refractivity contribution in [3.8, 4) is 16.9 Å². The third-order valence-corrected chi connectivity index (χ3v) is 6.68. The Morgan fingerprint density at radius 1 is 0.871 bits per heavy atom. The summed E-state index contributed by atoms with van der Waals surface area (Å²) in [5.41, 5.74) is 3.76. The van der Waals surface area contributed by atoms with Gasteiger partial charge in [0.05, 0.1) is 13.0 Å². The Bertz CT molecular complexity index is 771. The lowest BCUT2D eigenvalue weighted by atomic mass is 9.77. The maximum atomic E-state index is 11.5. The van der Waals surface area contributed by atoms with Gasteiger partial charge in [-0.2, -0.15) is 0 Å². The van der Waals surface area contributed by atoms with E-state index in [1.54, 1.807) is 0 Å². The first-order valence-electron chi connectivity index (χ1n) is 12.2. The minimum atomic E-state index is -0.411. The van der Waals surface area contributed by atoms with E-state index in [9.17, 15) is 4.79 Å². The molecule has 168 valence electrons. The van der Waals surface area contributed by atoms with Crippen molar-refractivity contribution in [2.75, 3.05) is 6.61 Å². The number of hydrogen-bond acceptors (Lipinski definition) is 3. The lowest BCUT2D eigenvalue weighted by Crippen LogP contribution is -2.13. The van der Waals surface area contributed by atoms with Crippen molar-refractivity contribution >= 4 is 5.97 Å². The van der Waals surface area contributed by atoms with Gasteiger partial charge in [-0.25, -0.2) is 0 Å². The summed E-state index contributed by atoms with van der Waals surface area (Å²) in [7, 11) is 0. The molecule has 0 radical (unpaired) electrons. The second-order valence-corrected chi connectivity index (χ2v) is 9.01. The molecule has 0 aromatic heterocycles. The summed E-state index contributed by atoms with van der Waals surface area (Å²) < 4.78 is 5.20. The molecule has 1 aliphatic rings. The fourth-order valence-electron chi connectivity index (χ4n) is 4.76. The zero-order valence-corrected chi connectivity index (χ0v) is 19.0. The maximum absolute atomic E-state index is 11.5. The lowest BCUT2D eigenvalue weighted by molar-refractivity contribution is -0.135. The zero-order chi connectivity index (χ0) is 21.9. The van der Waals surface area contributed by atoms with Crippen LogP contribution in [0.1, 0.15) is 89.0 Å². The van der Waals surface area contributed by atoms with E-state index in [0.29, 0.717) is 11.7 Å².